The van der Waals surface area contributed by atoms with Crippen molar-refractivity contribution < 1.29 is 4.42 Å². The van der Waals surface area contributed by atoms with E-state index in [1.54, 1.807) is 5.57 Å². The van der Waals surface area contributed by atoms with Crippen molar-refractivity contribution in [2.75, 3.05) is 4.90 Å². The Labute approximate surface area is 399 Å². The summed E-state index contributed by atoms with van der Waals surface area (Å²) < 4.78 is 6.59. The third kappa shape index (κ3) is 6.09. The van der Waals surface area contributed by atoms with Crippen LogP contribution < -0.4 is 4.90 Å². The molecule has 0 bridgehead atoms. The first-order valence-electron chi connectivity index (χ1n) is 24.7. The lowest BCUT2D eigenvalue weighted by Gasteiger charge is -2.47. The van der Waals surface area contributed by atoms with Crippen LogP contribution in [-0.2, 0) is 5.41 Å². The number of benzene rings is 8. The van der Waals surface area contributed by atoms with Crippen LogP contribution in [0.25, 0.3) is 44.2 Å². The number of para-hydroxylation sites is 3. The summed E-state index contributed by atoms with van der Waals surface area (Å²) in [5, 5.41) is 2.28. The van der Waals surface area contributed by atoms with E-state index in [-0.39, 0.29) is 11.3 Å². The third-order valence-corrected chi connectivity index (χ3v) is 16.1. The van der Waals surface area contributed by atoms with Gasteiger partial charge in [0.05, 0.1) is 11.1 Å². The van der Waals surface area contributed by atoms with Gasteiger partial charge >= 0.3 is 0 Å². The normalized spacial score (nSPS) is 19.3. The summed E-state index contributed by atoms with van der Waals surface area (Å²) >= 11 is 0. The molecule has 2 atom stereocenters. The Balaban J connectivity index is 1.05. The monoisotopic (exact) mass is 875 g/mol. The van der Waals surface area contributed by atoms with Crippen LogP contribution in [0.5, 0.6) is 0 Å². The maximum atomic E-state index is 6.59. The minimum absolute atomic E-state index is 0.112. The highest BCUT2D eigenvalue weighted by Crippen LogP contribution is 2.62. The molecule has 1 heterocycles. The second-order valence-corrected chi connectivity index (χ2v) is 19.5. The molecule has 0 radical (unpaired) electrons. The van der Waals surface area contributed by atoms with E-state index in [2.05, 4.69) is 236 Å². The van der Waals surface area contributed by atoms with E-state index in [0.29, 0.717) is 5.92 Å². The summed E-state index contributed by atoms with van der Waals surface area (Å²) in [7, 11) is 0. The Bertz CT molecular complexity index is 3470. The number of fused-ring (bicyclic) bond motifs is 7. The fourth-order valence-electron chi connectivity index (χ4n) is 13.0. The summed E-state index contributed by atoms with van der Waals surface area (Å²) in [6, 6.07) is 71.9. The van der Waals surface area contributed by atoms with Crippen molar-refractivity contribution in [1.29, 1.82) is 0 Å². The Morgan fingerprint density at radius 2 is 1.18 bits per heavy atom. The standard InChI is InChI=1S/C66H53NO/c1-65-47(27-17-35-56(65)46-21-5-2-6-22-46)28-18-36-57(65)54-30-12-15-38-60(54)67(50-43-41-45(42-44-50)51-32-19-33-53-52-29-13-16-40-62(52)68-64(51)53)61-39-20-37-59-63(61)55-31-11-14-34-58(55)66(59,48-23-7-3-8-24-48)49-25-9-4-10-26-49/h3-4,7-20,23-44,46,57H,2,5-6,21-22H2,1H3. The largest absolute Gasteiger partial charge is 0.455 e. The molecule has 0 N–H and O–H groups in total. The van der Waals surface area contributed by atoms with Crippen molar-refractivity contribution >= 4 is 39.0 Å². The molecule has 2 unspecified atom stereocenters. The first-order chi connectivity index (χ1) is 33.6. The van der Waals surface area contributed by atoms with Crippen LogP contribution in [0.2, 0.25) is 0 Å². The average molecular weight is 876 g/mol. The van der Waals surface area contributed by atoms with Crippen LogP contribution >= 0.6 is 0 Å². The zero-order valence-electron chi connectivity index (χ0n) is 38.5. The number of hydrogen-bond donors (Lipinski definition) is 0. The second kappa shape index (κ2) is 16.3. The van der Waals surface area contributed by atoms with Gasteiger partial charge in [-0.2, -0.15) is 0 Å². The van der Waals surface area contributed by atoms with Gasteiger partial charge in [-0.3, -0.25) is 0 Å². The van der Waals surface area contributed by atoms with E-state index in [1.807, 2.05) is 6.07 Å². The average Bonchev–Trinajstić information content (AvgIpc) is 3.94. The van der Waals surface area contributed by atoms with Crippen LogP contribution in [0.4, 0.5) is 17.1 Å². The molecule has 2 heteroatoms. The van der Waals surface area contributed by atoms with Gasteiger partial charge in [-0.05, 0) is 93.6 Å². The van der Waals surface area contributed by atoms with Crippen molar-refractivity contribution in [3.05, 3.63) is 270 Å². The molecule has 4 aliphatic carbocycles. The van der Waals surface area contributed by atoms with Gasteiger partial charge in [0, 0.05) is 44.6 Å². The highest BCUT2D eigenvalue weighted by atomic mass is 16.3. The number of anilines is 3. The highest BCUT2D eigenvalue weighted by Gasteiger charge is 2.49. The zero-order chi connectivity index (χ0) is 45.2. The molecular weight excluding hydrogens is 823 g/mol. The Morgan fingerprint density at radius 1 is 0.529 bits per heavy atom. The molecule has 0 aliphatic heterocycles. The molecule has 0 spiro atoms. The fraction of sp³-hybridized carbons (Fsp3) is 0.152. The molecule has 1 fully saturated rings. The first-order valence-corrected chi connectivity index (χ1v) is 24.7. The summed E-state index contributed by atoms with van der Waals surface area (Å²) in [5.41, 5.74) is 18.7. The van der Waals surface area contributed by atoms with Crippen molar-refractivity contribution in [1.82, 2.24) is 0 Å². The minimum Gasteiger partial charge on any atom is -0.455 e. The molecule has 1 aromatic heterocycles. The third-order valence-electron chi connectivity index (χ3n) is 16.1. The molecule has 4 aliphatic rings. The minimum atomic E-state index is -0.530. The van der Waals surface area contributed by atoms with Gasteiger partial charge < -0.3 is 9.32 Å². The van der Waals surface area contributed by atoms with Crippen LogP contribution in [0.15, 0.2) is 246 Å². The smallest absolute Gasteiger partial charge is 0.143 e. The lowest BCUT2D eigenvalue weighted by atomic mass is 9.57. The molecule has 68 heavy (non-hydrogen) atoms. The van der Waals surface area contributed by atoms with Gasteiger partial charge in [0.2, 0.25) is 0 Å². The van der Waals surface area contributed by atoms with Crippen LogP contribution in [-0.4, -0.2) is 0 Å². The molecule has 1 saturated carbocycles. The maximum Gasteiger partial charge on any atom is 0.143 e. The van der Waals surface area contributed by atoms with Crippen LogP contribution in [0.3, 0.4) is 0 Å². The van der Waals surface area contributed by atoms with Gasteiger partial charge in [0.25, 0.3) is 0 Å². The lowest BCUT2D eigenvalue weighted by molar-refractivity contribution is 0.317. The van der Waals surface area contributed by atoms with E-state index < -0.39 is 5.41 Å². The lowest BCUT2D eigenvalue weighted by Crippen LogP contribution is -2.36. The van der Waals surface area contributed by atoms with Gasteiger partial charge in [0.15, 0.2) is 0 Å². The molecule has 0 amide bonds. The molecule has 13 rings (SSSR count). The number of hydrogen-bond acceptors (Lipinski definition) is 2. The zero-order valence-corrected chi connectivity index (χ0v) is 38.5. The van der Waals surface area contributed by atoms with E-state index in [9.17, 15) is 0 Å². The van der Waals surface area contributed by atoms with Crippen LogP contribution in [0, 0.1) is 11.3 Å². The van der Waals surface area contributed by atoms with E-state index in [4.69, 9.17) is 4.42 Å². The SMILES string of the molecule is CC12C(=CC=CC1c1ccccc1N(c1ccc(-c3cccc4c3oc3ccccc34)cc1)c1cccc3c1-c1ccccc1C3(c1ccccc1)c1ccccc1)C=CC=C2C1CCCCC1. The Hall–Kier alpha value is -7.68. The number of nitrogens with zero attached hydrogens (tertiary/aromatic N) is 1. The molecule has 328 valence electrons. The summed E-state index contributed by atoms with van der Waals surface area (Å²) in [6.07, 6.45) is 20.8. The second-order valence-electron chi connectivity index (χ2n) is 19.5. The maximum absolute atomic E-state index is 6.59. The summed E-state index contributed by atoms with van der Waals surface area (Å²) in [6.45, 7) is 2.54. The Kier molecular flexibility index (Phi) is 9.72. The number of rotatable bonds is 8. The molecular formula is C66H53NO. The molecule has 0 saturated heterocycles. The fourth-order valence-corrected chi connectivity index (χ4v) is 13.0. The van der Waals surface area contributed by atoms with E-state index in [1.165, 1.54) is 82.3 Å². The van der Waals surface area contributed by atoms with E-state index >= 15 is 0 Å². The predicted molar refractivity (Wildman–Crippen MR) is 283 cm³/mol. The summed E-state index contributed by atoms with van der Waals surface area (Å²) in [5.74, 6) is 0.696. The van der Waals surface area contributed by atoms with Crippen molar-refractivity contribution in [3.8, 4) is 22.3 Å². The predicted octanol–water partition coefficient (Wildman–Crippen LogP) is 17.7. The first kappa shape index (κ1) is 40.6. The molecule has 2 nitrogen and oxygen atoms in total. The van der Waals surface area contributed by atoms with Crippen LogP contribution in [0.1, 0.15) is 72.8 Å². The Morgan fingerprint density at radius 3 is 1.99 bits per heavy atom. The van der Waals surface area contributed by atoms with Gasteiger partial charge in [-0.1, -0.05) is 232 Å². The number of furan rings is 1. The topological polar surface area (TPSA) is 16.4 Å². The van der Waals surface area contributed by atoms with Crippen molar-refractivity contribution in [2.24, 2.45) is 11.3 Å². The van der Waals surface area contributed by atoms with Crippen molar-refractivity contribution in [2.45, 2.75) is 50.4 Å². The molecule has 9 aromatic rings. The number of allylic oxidation sites excluding steroid dienone is 8. The quantitative estimate of drug-likeness (QED) is 0.151. The van der Waals surface area contributed by atoms with Crippen molar-refractivity contribution in [3.63, 3.8) is 0 Å². The molecule has 8 aromatic carbocycles. The van der Waals surface area contributed by atoms with Gasteiger partial charge in [-0.15, -0.1) is 0 Å². The highest BCUT2D eigenvalue weighted by molar-refractivity contribution is 6.09. The summed E-state index contributed by atoms with van der Waals surface area (Å²) in [4.78, 5) is 2.58. The van der Waals surface area contributed by atoms with E-state index in [0.717, 1.165) is 44.4 Å². The van der Waals surface area contributed by atoms with Gasteiger partial charge in [0.1, 0.15) is 11.2 Å². The van der Waals surface area contributed by atoms with Gasteiger partial charge in [-0.25, -0.2) is 0 Å².